The van der Waals surface area contributed by atoms with Gasteiger partial charge in [-0.25, -0.2) is 0 Å². The van der Waals surface area contributed by atoms with Crippen LogP contribution in [0.1, 0.15) is 36.9 Å². The Hall–Kier alpha value is -3.10. The number of para-hydroxylation sites is 2. The Morgan fingerprint density at radius 2 is 1.90 bits per heavy atom. The van der Waals surface area contributed by atoms with Gasteiger partial charge in [-0.3, -0.25) is 0 Å². The van der Waals surface area contributed by atoms with Crippen molar-refractivity contribution < 1.29 is 9.26 Å². The summed E-state index contributed by atoms with van der Waals surface area (Å²) in [4.78, 5) is 2.52. The van der Waals surface area contributed by atoms with E-state index in [1.54, 1.807) is 0 Å². The van der Waals surface area contributed by atoms with Crippen LogP contribution in [0.5, 0.6) is 5.75 Å². The average Bonchev–Trinajstić information content (AvgIpc) is 3.21. The number of nitriles is 1. The summed E-state index contributed by atoms with van der Waals surface area (Å²) in [5, 5.41) is 14.7. The Bertz CT molecular complexity index is 1030. The minimum Gasteiger partial charge on any atom is -0.493 e. The third-order valence-corrected chi connectivity index (χ3v) is 5.30. The predicted octanol–water partition coefficient (Wildman–Crippen LogP) is 5.15. The minimum atomic E-state index is 0.458. The number of ether oxygens (including phenoxy) is 1. The van der Waals surface area contributed by atoms with Crippen LogP contribution in [0.4, 0.5) is 0 Å². The quantitative estimate of drug-likeness (QED) is 0.415. The van der Waals surface area contributed by atoms with Gasteiger partial charge in [0.1, 0.15) is 17.5 Å². The third-order valence-electron chi connectivity index (χ3n) is 5.30. The standard InChI is InChI=1S/C24H25N3O2/c25-18-20(24-21-10-3-5-12-23(21)29-26-24)17-19-9-2-4-11-22(19)28-16-8-15-27-13-6-1-7-14-27/h2-5,9-12,17H,1,6-8,13-16H2/b20-17+. The number of hydrogen-bond donors (Lipinski definition) is 0. The fourth-order valence-electron chi connectivity index (χ4n) is 3.77. The molecule has 1 aliphatic rings. The van der Waals surface area contributed by atoms with Gasteiger partial charge in [-0.2, -0.15) is 5.26 Å². The van der Waals surface area contributed by atoms with Crippen LogP contribution < -0.4 is 4.74 Å². The van der Waals surface area contributed by atoms with Crippen molar-refractivity contribution in [3.63, 3.8) is 0 Å². The predicted molar refractivity (Wildman–Crippen MR) is 114 cm³/mol. The van der Waals surface area contributed by atoms with Crippen LogP contribution in [0.25, 0.3) is 22.6 Å². The van der Waals surface area contributed by atoms with Crippen molar-refractivity contribution in [2.45, 2.75) is 25.7 Å². The molecule has 1 fully saturated rings. The van der Waals surface area contributed by atoms with Gasteiger partial charge >= 0.3 is 0 Å². The monoisotopic (exact) mass is 387 g/mol. The van der Waals surface area contributed by atoms with Crippen LogP contribution in [0, 0.1) is 11.3 Å². The van der Waals surface area contributed by atoms with Gasteiger partial charge in [0.2, 0.25) is 0 Å². The van der Waals surface area contributed by atoms with Crippen molar-refractivity contribution in [2.75, 3.05) is 26.2 Å². The number of nitrogens with zero attached hydrogens (tertiary/aromatic N) is 3. The number of hydrogen-bond acceptors (Lipinski definition) is 5. The Kier molecular flexibility index (Phi) is 6.23. The molecule has 1 aliphatic heterocycles. The number of rotatable bonds is 7. The van der Waals surface area contributed by atoms with E-state index in [4.69, 9.17) is 9.26 Å². The second-order valence-electron chi connectivity index (χ2n) is 7.34. The lowest BCUT2D eigenvalue weighted by Crippen LogP contribution is -2.31. The van der Waals surface area contributed by atoms with Crippen LogP contribution in [-0.4, -0.2) is 36.3 Å². The number of allylic oxidation sites excluding steroid dienone is 1. The highest BCUT2D eigenvalue weighted by atomic mass is 16.5. The molecule has 0 aliphatic carbocycles. The average molecular weight is 387 g/mol. The molecule has 3 aromatic rings. The molecular weight excluding hydrogens is 362 g/mol. The number of fused-ring (bicyclic) bond motifs is 1. The third kappa shape index (κ3) is 4.67. The molecule has 0 atom stereocenters. The van der Waals surface area contributed by atoms with Crippen molar-refractivity contribution >= 4 is 22.6 Å². The van der Waals surface area contributed by atoms with Crippen molar-refractivity contribution in [1.82, 2.24) is 10.1 Å². The lowest BCUT2D eigenvalue weighted by Gasteiger charge is -2.26. The molecule has 0 bridgehead atoms. The highest BCUT2D eigenvalue weighted by Gasteiger charge is 2.14. The number of aromatic nitrogens is 1. The first-order valence-corrected chi connectivity index (χ1v) is 10.3. The maximum Gasteiger partial charge on any atom is 0.167 e. The molecule has 2 aromatic carbocycles. The van der Waals surface area contributed by atoms with Crippen molar-refractivity contribution in [3.8, 4) is 11.8 Å². The summed E-state index contributed by atoms with van der Waals surface area (Å²) in [6.07, 6.45) is 6.79. The molecule has 0 spiro atoms. The van der Waals surface area contributed by atoms with Crippen LogP contribution >= 0.6 is 0 Å². The SMILES string of the molecule is N#C/C(=C\c1ccccc1OCCCN1CCCCC1)c1noc2ccccc12. The van der Waals surface area contributed by atoms with Crippen LogP contribution in [0.3, 0.4) is 0 Å². The van der Waals surface area contributed by atoms with Gasteiger partial charge in [-0.15, -0.1) is 0 Å². The lowest BCUT2D eigenvalue weighted by atomic mass is 10.1. The van der Waals surface area contributed by atoms with E-state index in [9.17, 15) is 5.26 Å². The summed E-state index contributed by atoms with van der Waals surface area (Å²) < 4.78 is 11.4. The topological polar surface area (TPSA) is 62.3 Å². The Labute approximate surface area is 171 Å². The molecule has 0 saturated carbocycles. The highest BCUT2D eigenvalue weighted by Crippen LogP contribution is 2.28. The fraction of sp³-hybridized carbons (Fsp3) is 0.333. The molecule has 29 heavy (non-hydrogen) atoms. The van der Waals surface area contributed by atoms with Crippen LogP contribution in [0.15, 0.2) is 53.1 Å². The molecule has 4 rings (SSSR count). The van der Waals surface area contributed by atoms with Gasteiger partial charge in [0.25, 0.3) is 0 Å². The Morgan fingerprint density at radius 3 is 2.76 bits per heavy atom. The second kappa shape index (κ2) is 9.40. The first-order chi connectivity index (χ1) is 14.3. The van der Waals surface area contributed by atoms with Crippen LogP contribution in [-0.2, 0) is 0 Å². The van der Waals surface area contributed by atoms with Crippen molar-refractivity contribution in [3.05, 3.63) is 59.8 Å². The summed E-state index contributed by atoms with van der Waals surface area (Å²) in [5.41, 5.74) is 2.56. The fourth-order valence-corrected chi connectivity index (χ4v) is 3.77. The first kappa shape index (κ1) is 19.2. The van der Waals surface area contributed by atoms with Gasteiger partial charge in [0, 0.05) is 12.1 Å². The smallest absolute Gasteiger partial charge is 0.167 e. The molecule has 1 saturated heterocycles. The number of likely N-dealkylation sites (tertiary alicyclic amines) is 1. The molecule has 0 amide bonds. The summed E-state index contributed by atoms with van der Waals surface area (Å²) >= 11 is 0. The Morgan fingerprint density at radius 1 is 1.10 bits per heavy atom. The second-order valence-corrected chi connectivity index (χ2v) is 7.34. The van der Waals surface area contributed by atoms with E-state index in [0.717, 1.165) is 29.7 Å². The molecule has 148 valence electrons. The minimum absolute atomic E-state index is 0.458. The number of piperidine rings is 1. The zero-order valence-electron chi connectivity index (χ0n) is 16.5. The molecule has 0 unspecified atom stereocenters. The molecule has 5 heteroatoms. The van der Waals surface area contributed by atoms with E-state index in [1.807, 2.05) is 54.6 Å². The number of benzene rings is 2. The Balaban J connectivity index is 1.47. The molecular formula is C24H25N3O2. The zero-order chi connectivity index (χ0) is 19.9. The summed E-state index contributed by atoms with van der Waals surface area (Å²) in [6, 6.07) is 17.6. The molecule has 2 heterocycles. The maximum absolute atomic E-state index is 9.72. The molecule has 0 N–H and O–H groups in total. The molecule has 5 nitrogen and oxygen atoms in total. The summed E-state index contributed by atoms with van der Waals surface area (Å²) in [6.45, 7) is 4.15. The lowest BCUT2D eigenvalue weighted by molar-refractivity contribution is 0.205. The van der Waals surface area contributed by atoms with E-state index in [-0.39, 0.29) is 0 Å². The highest BCUT2D eigenvalue weighted by molar-refractivity contribution is 5.99. The van der Waals surface area contributed by atoms with Gasteiger partial charge in [0.15, 0.2) is 5.58 Å². The maximum atomic E-state index is 9.72. The van der Waals surface area contributed by atoms with E-state index in [1.165, 1.54) is 32.4 Å². The van der Waals surface area contributed by atoms with Gasteiger partial charge in [-0.1, -0.05) is 41.9 Å². The van der Waals surface area contributed by atoms with Gasteiger partial charge in [-0.05, 0) is 56.6 Å². The van der Waals surface area contributed by atoms with Gasteiger partial charge < -0.3 is 14.2 Å². The zero-order valence-corrected chi connectivity index (χ0v) is 16.5. The largest absolute Gasteiger partial charge is 0.493 e. The summed E-state index contributed by atoms with van der Waals surface area (Å²) in [7, 11) is 0. The van der Waals surface area contributed by atoms with Crippen molar-refractivity contribution in [1.29, 1.82) is 5.26 Å². The van der Waals surface area contributed by atoms with E-state index >= 15 is 0 Å². The van der Waals surface area contributed by atoms with Crippen LogP contribution in [0.2, 0.25) is 0 Å². The van der Waals surface area contributed by atoms with E-state index in [2.05, 4.69) is 16.1 Å². The van der Waals surface area contributed by atoms with Crippen molar-refractivity contribution in [2.24, 2.45) is 0 Å². The summed E-state index contributed by atoms with van der Waals surface area (Å²) in [5.74, 6) is 0.784. The first-order valence-electron chi connectivity index (χ1n) is 10.3. The molecule has 1 aromatic heterocycles. The van der Waals surface area contributed by atoms with Gasteiger partial charge in [0.05, 0.1) is 17.6 Å². The van der Waals surface area contributed by atoms with E-state index < -0.39 is 0 Å². The molecule has 0 radical (unpaired) electrons. The normalized spacial score (nSPS) is 15.3. The van der Waals surface area contributed by atoms with E-state index in [0.29, 0.717) is 23.5 Å².